The Bertz CT molecular complexity index is 1680. The van der Waals surface area contributed by atoms with E-state index in [1.54, 1.807) is 25.3 Å². The van der Waals surface area contributed by atoms with Crippen LogP contribution in [0.4, 0.5) is 4.79 Å². The number of aromatic nitrogens is 2. The van der Waals surface area contributed by atoms with Crippen molar-refractivity contribution < 1.29 is 28.5 Å². The first-order chi connectivity index (χ1) is 22.4. The molecule has 4 heterocycles. The van der Waals surface area contributed by atoms with Crippen molar-refractivity contribution in [1.29, 1.82) is 0 Å². The lowest BCUT2D eigenvalue weighted by molar-refractivity contribution is -0.0305. The van der Waals surface area contributed by atoms with Crippen LogP contribution in [0, 0.1) is 6.92 Å². The van der Waals surface area contributed by atoms with Crippen molar-refractivity contribution in [3.05, 3.63) is 89.5 Å². The molecule has 0 aliphatic carbocycles. The second-order valence-electron chi connectivity index (χ2n) is 11.5. The molecule has 6 rings (SSSR count). The van der Waals surface area contributed by atoms with E-state index in [1.807, 2.05) is 49.5 Å². The van der Waals surface area contributed by atoms with Crippen molar-refractivity contribution in [3.8, 4) is 17.2 Å². The lowest BCUT2D eigenvalue weighted by Gasteiger charge is -2.38. The molecule has 0 spiro atoms. The normalized spacial score (nSPS) is 19.5. The maximum absolute atomic E-state index is 13.0. The second-order valence-corrected chi connectivity index (χ2v) is 11.5. The molecule has 12 nitrogen and oxygen atoms in total. The summed E-state index contributed by atoms with van der Waals surface area (Å²) in [6.45, 7) is 5.66. The topological polar surface area (TPSA) is 128 Å². The average molecular weight is 629 g/mol. The number of pyridine rings is 1. The Balaban J connectivity index is 1.21. The number of methoxy groups -OCH3 is 1. The minimum atomic E-state index is -0.305. The highest BCUT2D eigenvalue weighted by atomic mass is 16.5. The van der Waals surface area contributed by atoms with Gasteiger partial charge >= 0.3 is 6.03 Å². The third-order valence-corrected chi connectivity index (χ3v) is 8.13. The maximum atomic E-state index is 13.0. The Labute approximate surface area is 268 Å². The molecule has 2 aromatic carbocycles. The van der Waals surface area contributed by atoms with E-state index in [9.17, 15) is 9.59 Å². The molecule has 4 aromatic rings. The summed E-state index contributed by atoms with van der Waals surface area (Å²) in [6.07, 6.45) is 2.48. The van der Waals surface area contributed by atoms with Gasteiger partial charge in [-0.15, -0.1) is 0 Å². The van der Waals surface area contributed by atoms with E-state index < -0.39 is 0 Å². The van der Waals surface area contributed by atoms with Gasteiger partial charge in [0.15, 0.2) is 0 Å². The first-order valence-electron chi connectivity index (χ1n) is 15.6. The van der Waals surface area contributed by atoms with Gasteiger partial charge in [-0.05, 0) is 55.3 Å². The van der Waals surface area contributed by atoms with Gasteiger partial charge in [0.2, 0.25) is 0 Å². The van der Waals surface area contributed by atoms with Crippen molar-refractivity contribution in [2.45, 2.75) is 38.6 Å². The minimum Gasteiger partial charge on any atom is -0.491 e. The number of likely N-dealkylation sites (tertiary alicyclic amines) is 1. The van der Waals surface area contributed by atoms with Crippen LogP contribution in [0.3, 0.4) is 0 Å². The molecule has 2 aliphatic rings. The van der Waals surface area contributed by atoms with Gasteiger partial charge in [0.25, 0.3) is 5.91 Å². The fourth-order valence-electron chi connectivity index (χ4n) is 5.85. The zero-order chi connectivity index (χ0) is 31.9. The number of hydrogen-bond donors (Lipinski definition) is 3. The highest BCUT2D eigenvalue weighted by Gasteiger charge is 2.32. The summed E-state index contributed by atoms with van der Waals surface area (Å²) in [4.78, 5) is 33.1. The molecule has 3 N–H and O–H groups in total. The van der Waals surface area contributed by atoms with Crippen LogP contribution in [-0.2, 0) is 22.6 Å². The van der Waals surface area contributed by atoms with Crippen LogP contribution in [0.2, 0.25) is 0 Å². The first-order valence-corrected chi connectivity index (χ1v) is 15.6. The van der Waals surface area contributed by atoms with Crippen molar-refractivity contribution >= 4 is 17.5 Å². The summed E-state index contributed by atoms with van der Waals surface area (Å²) < 4.78 is 25.7. The maximum Gasteiger partial charge on any atom is 0.315 e. The summed E-state index contributed by atoms with van der Waals surface area (Å²) in [5, 5.41) is 8.83. The van der Waals surface area contributed by atoms with Gasteiger partial charge in [-0.2, -0.15) is 0 Å². The van der Waals surface area contributed by atoms with E-state index in [1.165, 1.54) is 0 Å². The summed E-state index contributed by atoms with van der Waals surface area (Å²) in [7, 11) is 1.60. The van der Waals surface area contributed by atoms with E-state index in [0.717, 1.165) is 29.1 Å². The molecule has 0 unspecified atom stereocenters. The van der Waals surface area contributed by atoms with Gasteiger partial charge < -0.3 is 39.3 Å². The molecule has 1 fully saturated rings. The molecule has 2 aliphatic heterocycles. The average Bonchev–Trinajstić information content (AvgIpc) is 3.37. The molecule has 242 valence electrons. The number of urea groups is 1. The van der Waals surface area contributed by atoms with Gasteiger partial charge in [0.05, 0.1) is 36.6 Å². The molecule has 2 atom stereocenters. The third kappa shape index (κ3) is 7.76. The van der Waals surface area contributed by atoms with Crippen molar-refractivity contribution in [3.63, 3.8) is 0 Å². The third-order valence-electron chi connectivity index (χ3n) is 8.13. The minimum absolute atomic E-state index is 0.194. The number of nitrogens with zero attached hydrogens (tertiary/aromatic N) is 3. The Morgan fingerprint density at radius 2 is 1.89 bits per heavy atom. The molecule has 12 heteroatoms. The Hall–Kier alpha value is -4.65. The predicted molar refractivity (Wildman–Crippen MR) is 171 cm³/mol. The number of carbonyl (C=O) groups is 2. The fourth-order valence-corrected chi connectivity index (χ4v) is 5.85. The second kappa shape index (κ2) is 14.6. The van der Waals surface area contributed by atoms with E-state index in [2.05, 4.69) is 31.3 Å². The molecule has 0 radical (unpaired) electrons. The molecule has 1 saturated heterocycles. The van der Waals surface area contributed by atoms with Crippen LogP contribution in [0.1, 0.15) is 33.9 Å². The standard InChI is InChI=1S/C34H40N6O6/c1-23-37-30(31-8-3-4-12-40(23)31)20-39-13-9-29-32(21-39)45-22-24-6-5-7-26(16-24)46-28-18-25(17-27(19-28)44-15-14-43-2)33(41)35-10-11-36-34(42)38-29/h3-8,12,16-19,29,32H,9-11,13-15,20-22H2,1-2H3,(H,35,41)(H2,36,38,42)/t29-,32-/m0/s1. The number of hydrogen-bond acceptors (Lipinski definition) is 8. The first kappa shape index (κ1) is 31.3. The molecular formula is C34H40N6O6. The van der Waals surface area contributed by atoms with E-state index in [-0.39, 0.29) is 37.2 Å². The SMILES string of the molecule is COCCOc1cc2cc(c1)C(=O)NCCNC(=O)N[C@H]1CCN(Cc3nc(C)n4ccccc34)C[C@@H]1OCc1cccc(c1)O2. The van der Waals surface area contributed by atoms with Crippen molar-refractivity contribution in [1.82, 2.24) is 30.2 Å². The number of rotatable bonds is 6. The number of amides is 3. The van der Waals surface area contributed by atoms with E-state index in [0.29, 0.717) is 62.1 Å². The summed E-state index contributed by atoms with van der Waals surface area (Å²) >= 11 is 0. The smallest absolute Gasteiger partial charge is 0.315 e. The largest absolute Gasteiger partial charge is 0.491 e. The summed E-state index contributed by atoms with van der Waals surface area (Å²) in [6, 6.07) is 18.3. The molecular weight excluding hydrogens is 588 g/mol. The lowest BCUT2D eigenvalue weighted by Crippen LogP contribution is -2.56. The summed E-state index contributed by atoms with van der Waals surface area (Å²) in [5.41, 5.74) is 3.41. The predicted octanol–water partition coefficient (Wildman–Crippen LogP) is 3.66. The number of aryl methyl sites for hydroxylation is 1. The quantitative estimate of drug-likeness (QED) is 0.276. The summed E-state index contributed by atoms with van der Waals surface area (Å²) in [5.74, 6) is 2.19. The zero-order valence-corrected chi connectivity index (χ0v) is 26.2. The molecule has 0 saturated carbocycles. The van der Waals surface area contributed by atoms with Gasteiger partial charge in [0, 0.05) is 57.7 Å². The van der Waals surface area contributed by atoms with Gasteiger partial charge in [-0.25, -0.2) is 9.78 Å². The van der Waals surface area contributed by atoms with Gasteiger partial charge in [0.1, 0.15) is 29.7 Å². The molecule has 4 bridgehead atoms. The molecule has 46 heavy (non-hydrogen) atoms. The lowest BCUT2D eigenvalue weighted by atomic mass is 10.0. The number of imidazole rings is 1. The number of nitrogens with one attached hydrogen (secondary N) is 3. The number of fused-ring (bicyclic) bond motifs is 6. The zero-order valence-electron chi connectivity index (χ0n) is 26.2. The van der Waals surface area contributed by atoms with E-state index >= 15 is 0 Å². The van der Waals surface area contributed by atoms with Gasteiger partial charge in [-0.3, -0.25) is 9.69 Å². The molecule has 2 aromatic heterocycles. The Morgan fingerprint density at radius 3 is 2.78 bits per heavy atom. The van der Waals surface area contributed by atoms with E-state index in [4.69, 9.17) is 23.9 Å². The van der Waals surface area contributed by atoms with Crippen LogP contribution in [0.5, 0.6) is 17.2 Å². The van der Waals surface area contributed by atoms with Crippen LogP contribution < -0.4 is 25.4 Å². The van der Waals surface area contributed by atoms with Crippen molar-refractivity contribution in [2.75, 3.05) is 46.5 Å². The number of carbonyl (C=O) groups excluding carboxylic acids is 2. The fraction of sp³-hybridized carbons (Fsp3) is 0.382. The number of benzene rings is 2. The van der Waals surface area contributed by atoms with Crippen LogP contribution in [0.25, 0.3) is 5.52 Å². The number of piperidine rings is 1. The van der Waals surface area contributed by atoms with Crippen LogP contribution in [0.15, 0.2) is 66.9 Å². The number of ether oxygens (including phenoxy) is 4. The highest BCUT2D eigenvalue weighted by Crippen LogP contribution is 2.29. The monoisotopic (exact) mass is 628 g/mol. The van der Waals surface area contributed by atoms with Crippen molar-refractivity contribution in [2.24, 2.45) is 0 Å². The highest BCUT2D eigenvalue weighted by molar-refractivity contribution is 5.95. The Morgan fingerprint density at radius 1 is 1.00 bits per heavy atom. The van der Waals surface area contributed by atoms with Crippen LogP contribution >= 0.6 is 0 Å². The molecule has 3 amide bonds. The van der Waals surface area contributed by atoms with Gasteiger partial charge in [-0.1, -0.05) is 18.2 Å². The van der Waals surface area contributed by atoms with Crippen LogP contribution in [-0.4, -0.2) is 84.9 Å². The Kier molecular flexibility index (Phi) is 9.97.